The Balaban J connectivity index is 1.52. The normalized spacial score (nSPS) is 11.0. The van der Waals surface area contributed by atoms with Crippen molar-refractivity contribution in [3.63, 3.8) is 0 Å². The average molecular weight is 648 g/mol. The first-order valence-corrected chi connectivity index (χ1v) is 15.1. The number of para-hydroxylation sites is 1. The first-order valence-electron chi connectivity index (χ1n) is 15.1. The number of rotatable bonds is 11. The summed E-state index contributed by atoms with van der Waals surface area (Å²) < 4.78 is 24.8. The third-order valence-electron chi connectivity index (χ3n) is 8.09. The molecule has 0 aliphatic heterocycles. The number of ether oxygens (including phenoxy) is 4. The highest BCUT2D eigenvalue weighted by molar-refractivity contribution is 6.16. The molecule has 12 heteroatoms. The Hall–Kier alpha value is -6.17. The molecule has 0 unspecified atom stereocenters. The molecular formula is C36H33N5O7. The van der Waals surface area contributed by atoms with Gasteiger partial charge in [-0.1, -0.05) is 18.2 Å². The summed E-state index contributed by atoms with van der Waals surface area (Å²) in [6.45, 7) is 1.43. The Labute approximate surface area is 275 Å². The standard InChI is InChI=1S/C36H33N5O7/c1-45-29-17-23-16-26(35(43)47-3)34(36(44)48-4)33(25(23)19-30(29)46-2)22-10-12-39-31(18-22)41-28-9-6-5-8-24(28)27(20-32(41)42)38-11-7-14-40-15-13-37-21-40/h5-6,8-10,12-13,15-21,38H,7,11,14H2,1-4H3. The van der Waals surface area contributed by atoms with Crippen LogP contribution in [0.25, 0.3) is 38.6 Å². The highest BCUT2D eigenvalue weighted by Crippen LogP contribution is 2.41. The molecule has 0 saturated heterocycles. The molecule has 6 aromatic rings. The van der Waals surface area contributed by atoms with Crippen molar-refractivity contribution in [1.29, 1.82) is 0 Å². The molecule has 0 radical (unpaired) electrons. The fraction of sp³-hybridized carbons (Fsp3) is 0.194. The first kappa shape index (κ1) is 31.8. The van der Waals surface area contributed by atoms with Gasteiger partial charge in [-0.2, -0.15) is 0 Å². The van der Waals surface area contributed by atoms with Gasteiger partial charge in [0.1, 0.15) is 5.82 Å². The molecule has 0 fully saturated rings. The summed E-state index contributed by atoms with van der Waals surface area (Å²) in [5, 5.41) is 5.40. The summed E-state index contributed by atoms with van der Waals surface area (Å²) >= 11 is 0. The molecule has 3 heterocycles. The van der Waals surface area contributed by atoms with Crippen molar-refractivity contribution < 1.29 is 28.5 Å². The lowest BCUT2D eigenvalue weighted by molar-refractivity contribution is 0.0556. The van der Waals surface area contributed by atoms with E-state index in [4.69, 9.17) is 18.9 Å². The molecule has 48 heavy (non-hydrogen) atoms. The number of hydrogen-bond donors (Lipinski definition) is 1. The maximum atomic E-state index is 13.8. The van der Waals surface area contributed by atoms with Crippen molar-refractivity contribution in [3.8, 4) is 28.4 Å². The number of nitrogens with one attached hydrogen (secondary N) is 1. The zero-order valence-corrected chi connectivity index (χ0v) is 26.9. The summed E-state index contributed by atoms with van der Waals surface area (Å²) in [5.41, 5.74) is 1.92. The number of pyridine rings is 2. The zero-order valence-electron chi connectivity index (χ0n) is 26.9. The number of benzene rings is 3. The van der Waals surface area contributed by atoms with E-state index >= 15 is 0 Å². The highest BCUT2D eigenvalue weighted by Gasteiger charge is 2.27. The topological polar surface area (TPSA) is 136 Å². The van der Waals surface area contributed by atoms with Gasteiger partial charge in [-0.15, -0.1) is 0 Å². The molecule has 0 atom stereocenters. The average Bonchev–Trinajstić information content (AvgIpc) is 3.65. The van der Waals surface area contributed by atoms with Crippen LogP contribution in [0.2, 0.25) is 0 Å². The number of carbonyl (C=O) groups excluding carboxylic acids is 2. The minimum atomic E-state index is -0.744. The second-order valence-corrected chi connectivity index (χ2v) is 10.8. The lowest BCUT2D eigenvalue weighted by atomic mass is 9.89. The Morgan fingerprint density at radius 2 is 1.62 bits per heavy atom. The minimum absolute atomic E-state index is 0.00325. The maximum Gasteiger partial charge on any atom is 0.339 e. The van der Waals surface area contributed by atoms with Gasteiger partial charge in [0.05, 0.1) is 51.4 Å². The summed E-state index contributed by atoms with van der Waals surface area (Å²) in [4.78, 5) is 48.9. The van der Waals surface area contributed by atoms with Gasteiger partial charge in [-0.05, 0) is 59.2 Å². The SMILES string of the molecule is COC(=O)c1cc2cc(OC)c(OC)cc2c(-c2ccnc(-n3c(=O)cc(NCCCn4ccnc4)c4ccccc43)c2)c1C(=O)OC. The quantitative estimate of drug-likeness (QED) is 0.142. The molecule has 0 amide bonds. The van der Waals surface area contributed by atoms with Gasteiger partial charge >= 0.3 is 11.9 Å². The molecule has 244 valence electrons. The number of hydrogen-bond acceptors (Lipinski definition) is 10. The van der Waals surface area contributed by atoms with Crippen molar-refractivity contribution in [1.82, 2.24) is 19.1 Å². The molecule has 6 rings (SSSR count). The molecule has 3 aromatic carbocycles. The fourth-order valence-electron chi connectivity index (χ4n) is 5.88. The zero-order chi connectivity index (χ0) is 33.8. The maximum absolute atomic E-state index is 13.8. The highest BCUT2D eigenvalue weighted by atomic mass is 16.5. The summed E-state index contributed by atoms with van der Waals surface area (Å²) in [7, 11) is 5.49. The van der Waals surface area contributed by atoms with Crippen LogP contribution in [0.5, 0.6) is 11.5 Å². The second kappa shape index (κ2) is 13.7. The molecule has 0 saturated carbocycles. The minimum Gasteiger partial charge on any atom is -0.493 e. The fourth-order valence-corrected chi connectivity index (χ4v) is 5.88. The first-order chi connectivity index (χ1) is 23.4. The van der Waals surface area contributed by atoms with Crippen molar-refractivity contribution >= 4 is 39.3 Å². The van der Waals surface area contributed by atoms with Crippen LogP contribution in [0, 0.1) is 0 Å². The number of nitrogens with zero attached hydrogens (tertiary/aromatic N) is 4. The van der Waals surface area contributed by atoms with E-state index < -0.39 is 11.9 Å². The van der Waals surface area contributed by atoms with E-state index in [9.17, 15) is 14.4 Å². The number of fused-ring (bicyclic) bond motifs is 2. The molecule has 0 bridgehead atoms. The number of anilines is 1. The monoisotopic (exact) mass is 647 g/mol. The lowest BCUT2D eigenvalue weighted by Crippen LogP contribution is -2.20. The van der Waals surface area contributed by atoms with Gasteiger partial charge in [0, 0.05) is 54.4 Å². The molecule has 1 N–H and O–H groups in total. The molecule has 0 aliphatic rings. The van der Waals surface area contributed by atoms with Crippen LogP contribution in [0.15, 0.2) is 90.4 Å². The Bertz CT molecular complexity index is 2210. The van der Waals surface area contributed by atoms with Crippen molar-refractivity contribution in [3.05, 3.63) is 107 Å². The largest absolute Gasteiger partial charge is 0.493 e. The third kappa shape index (κ3) is 5.91. The van der Waals surface area contributed by atoms with E-state index in [2.05, 4.69) is 15.3 Å². The summed E-state index contributed by atoms with van der Waals surface area (Å²) in [6, 6.07) is 17.5. The Kier molecular flexibility index (Phi) is 9.06. The van der Waals surface area contributed by atoms with Gasteiger partial charge in [0.15, 0.2) is 11.5 Å². The van der Waals surface area contributed by atoms with Crippen LogP contribution < -0.4 is 20.3 Å². The number of imidazole rings is 1. The van der Waals surface area contributed by atoms with Gasteiger partial charge in [-0.25, -0.2) is 19.6 Å². The lowest BCUT2D eigenvalue weighted by Gasteiger charge is -2.19. The number of methoxy groups -OCH3 is 4. The Morgan fingerprint density at radius 1 is 0.854 bits per heavy atom. The van der Waals surface area contributed by atoms with E-state index in [1.807, 2.05) is 35.0 Å². The van der Waals surface area contributed by atoms with Crippen molar-refractivity contribution in [2.45, 2.75) is 13.0 Å². The molecule has 0 aliphatic carbocycles. The van der Waals surface area contributed by atoms with Crippen LogP contribution >= 0.6 is 0 Å². The Morgan fingerprint density at radius 3 is 2.35 bits per heavy atom. The van der Waals surface area contributed by atoms with Crippen LogP contribution in [-0.2, 0) is 16.0 Å². The van der Waals surface area contributed by atoms with Crippen molar-refractivity contribution in [2.24, 2.45) is 0 Å². The van der Waals surface area contributed by atoms with Crippen molar-refractivity contribution in [2.75, 3.05) is 40.3 Å². The predicted octanol–water partition coefficient (Wildman–Crippen LogP) is 5.50. The van der Waals surface area contributed by atoms with E-state index in [1.54, 1.807) is 55.1 Å². The summed E-state index contributed by atoms with van der Waals surface area (Å²) in [5.74, 6) is -0.309. The smallest absolute Gasteiger partial charge is 0.339 e. The van der Waals surface area contributed by atoms with E-state index in [-0.39, 0.29) is 16.7 Å². The molecule has 0 spiro atoms. The molecular weight excluding hydrogens is 614 g/mol. The van der Waals surface area contributed by atoms with Gasteiger partial charge < -0.3 is 28.8 Å². The van der Waals surface area contributed by atoms with E-state index in [0.717, 1.165) is 18.4 Å². The van der Waals surface area contributed by atoms with Crippen LogP contribution in [0.1, 0.15) is 27.1 Å². The van der Waals surface area contributed by atoms with Crippen LogP contribution in [0.3, 0.4) is 0 Å². The number of esters is 2. The van der Waals surface area contributed by atoms with E-state index in [1.165, 1.54) is 33.0 Å². The third-order valence-corrected chi connectivity index (χ3v) is 8.09. The van der Waals surface area contributed by atoms with Gasteiger partial charge in [0.25, 0.3) is 5.56 Å². The predicted molar refractivity (Wildman–Crippen MR) is 181 cm³/mol. The molecule has 3 aromatic heterocycles. The number of aryl methyl sites for hydroxylation is 1. The van der Waals surface area contributed by atoms with Crippen LogP contribution in [0.4, 0.5) is 5.69 Å². The summed E-state index contributed by atoms with van der Waals surface area (Å²) in [6.07, 6.45) is 7.80. The van der Waals surface area contributed by atoms with Crippen LogP contribution in [-0.4, -0.2) is 66.0 Å². The second-order valence-electron chi connectivity index (χ2n) is 10.8. The van der Waals surface area contributed by atoms with E-state index in [0.29, 0.717) is 57.0 Å². The van der Waals surface area contributed by atoms with Gasteiger partial charge in [0.2, 0.25) is 0 Å². The molecule has 12 nitrogen and oxygen atoms in total. The van der Waals surface area contributed by atoms with Gasteiger partial charge in [-0.3, -0.25) is 9.36 Å². The number of carbonyl (C=O) groups is 2. The number of aromatic nitrogens is 4.